The van der Waals surface area contributed by atoms with E-state index in [1.807, 2.05) is 65.2 Å². The van der Waals surface area contributed by atoms with Crippen molar-refractivity contribution in [2.24, 2.45) is 5.92 Å². The Hall–Kier alpha value is -4.27. The first-order chi connectivity index (χ1) is 17.0. The molecular formula is C26H26N6O3. The first kappa shape index (κ1) is 22.5. The average molecular weight is 471 g/mol. The minimum absolute atomic E-state index is 0.127. The van der Waals surface area contributed by atoms with Crippen molar-refractivity contribution in [1.82, 2.24) is 28.9 Å². The number of aromatic nitrogens is 6. The van der Waals surface area contributed by atoms with E-state index < -0.39 is 11.2 Å². The predicted molar refractivity (Wildman–Crippen MR) is 132 cm³/mol. The molecule has 0 atom stereocenters. The Morgan fingerprint density at radius 3 is 2.31 bits per heavy atom. The molecule has 0 spiro atoms. The molecule has 5 rings (SSSR count). The van der Waals surface area contributed by atoms with Crippen molar-refractivity contribution in [2.45, 2.75) is 39.9 Å². The number of fused-ring (bicyclic) bond motifs is 1. The average Bonchev–Trinajstić information content (AvgIpc) is 3.52. The maximum Gasteiger partial charge on any atom is 0.333 e. The second-order valence-electron chi connectivity index (χ2n) is 8.91. The summed E-state index contributed by atoms with van der Waals surface area (Å²) in [6.07, 6.45) is 2.52. The zero-order valence-corrected chi connectivity index (χ0v) is 19.7. The number of rotatable bonds is 8. The van der Waals surface area contributed by atoms with E-state index in [1.54, 1.807) is 6.33 Å². The van der Waals surface area contributed by atoms with E-state index in [1.165, 1.54) is 4.57 Å². The maximum atomic E-state index is 13.6. The highest BCUT2D eigenvalue weighted by atomic mass is 16.4. The monoisotopic (exact) mass is 470 g/mol. The lowest BCUT2D eigenvalue weighted by Gasteiger charge is -2.12. The smallest absolute Gasteiger partial charge is 0.333 e. The van der Waals surface area contributed by atoms with E-state index in [0.717, 1.165) is 22.1 Å². The predicted octanol–water partition coefficient (Wildman–Crippen LogP) is 3.55. The lowest BCUT2D eigenvalue weighted by Crippen LogP contribution is -2.41. The first-order valence-corrected chi connectivity index (χ1v) is 11.6. The van der Waals surface area contributed by atoms with Gasteiger partial charge in [0.15, 0.2) is 11.2 Å². The Balaban J connectivity index is 1.61. The highest BCUT2D eigenvalue weighted by Gasteiger charge is 2.20. The molecule has 0 saturated carbocycles. The molecule has 0 bridgehead atoms. The van der Waals surface area contributed by atoms with Crippen LogP contribution in [0.2, 0.25) is 0 Å². The van der Waals surface area contributed by atoms with Gasteiger partial charge in [-0.2, -0.15) is 0 Å². The van der Waals surface area contributed by atoms with Crippen LogP contribution >= 0.6 is 0 Å². The van der Waals surface area contributed by atoms with Crippen molar-refractivity contribution in [2.75, 3.05) is 0 Å². The van der Waals surface area contributed by atoms with Gasteiger partial charge in [-0.25, -0.2) is 14.3 Å². The molecule has 0 aliphatic carbocycles. The molecule has 0 radical (unpaired) electrons. The molecule has 2 aromatic carbocycles. The van der Waals surface area contributed by atoms with Gasteiger partial charge in [0.25, 0.3) is 5.56 Å². The second kappa shape index (κ2) is 9.54. The van der Waals surface area contributed by atoms with Crippen LogP contribution in [0.1, 0.15) is 31.7 Å². The topological polar surface area (TPSA) is 101 Å². The number of hydrogen-bond acceptors (Lipinski definition) is 6. The molecule has 9 nitrogen and oxygen atoms in total. The standard InChI is InChI=1S/C26H26N6O3/c1-18(2)13-14-30-17-27-23-22(30)25(33)32(26(34)31(23)15-19-9-5-3-6-10-19)16-21-28-29-24(35-21)20-11-7-4-8-12-20/h3-12,17-18H,13-16H2,1-2H3. The molecule has 0 amide bonds. The van der Waals surface area contributed by atoms with Gasteiger partial charge in [0.1, 0.15) is 6.54 Å². The first-order valence-electron chi connectivity index (χ1n) is 11.6. The second-order valence-corrected chi connectivity index (χ2v) is 8.91. The van der Waals surface area contributed by atoms with Gasteiger partial charge in [0.05, 0.1) is 12.9 Å². The number of benzene rings is 2. The van der Waals surface area contributed by atoms with Gasteiger partial charge in [0.2, 0.25) is 11.8 Å². The molecule has 3 aromatic heterocycles. The fourth-order valence-electron chi connectivity index (χ4n) is 4.00. The molecule has 5 aromatic rings. The van der Waals surface area contributed by atoms with Crippen molar-refractivity contribution >= 4 is 11.2 Å². The molecule has 3 heterocycles. The molecule has 0 aliphatic heterocycles. The molecule has 35 heavy (non-hydrogen) atoms. The Morgan fingerprint density at radius 1 is 0.886 bits per heavy atom. The summed E-state index contributed by atoms with van der Waals surface area (Å²) >= 11 is 0. The highest BCUT2D eigenvalue weighted by Crippen LogP contribution is 2.17. The van der Waals surface area contributed by atoms with Gasteiger partial charge in [-0.3, -0.25) is 9.36 Å². The van der Waals surface area contributed by atoms with Gasteiger partial charge in [0, 0.05) is 12.1 Å². The molecule has 178 valence electrons. The van der Waals surface area contributed by atoms with Gasteiger partial charge in [-0.1, -0.05) is 62.4 Å². The van der Waals surface area contributed by atoms with Crippen LogP contribution in [0.5, 0.6) is 0 Å². The summed E-state index contributed by atoms with van der Waals surface area (Å²) in [4.78, 5) is 31.6. The van der Waals surface area contributed by atoms with E-state index in [9.17, 15) is 9.59 Å². The third-order valence-corrected chi connectivity index (χ3v) is 5.90. The minimum atomic E-state index is -0.472. The van der Waals surface area contributed by atoms with Crippen LogP contribution in [0.3, 0.4) is 0 Å². The summed E-state index contributed by atoms with van der Waals surface area (Å²) in [5, 5.41) is 8.18. The third kappa shape index (κ3) is 4.57. The number of aryl methyl sites for hydroxylation is 1. The van der Waals surface area contributed by atoms with Crippen LogP contribution in [0.15, 0.2) is 81.0 Å². The van der Waals surface area contributed by atoms with Crippen LogP contribution in [0, 0.1) is 5.92 Å². The van der Waals surface area contributed by atoms with Crippen LogP contribution in [-0.2, 0) is 19.6 Å². The Morgan fingerprint density at radius 2 is 1.60 bits per heavy atom. The van der Waals surface area contributed by atoms with Crippen molar-refractivity contribution in [3.8, 4) is 11.5 Å². The molecular weight excluding hydrogens is 444 g/mol. The zero-order chi connectivity index (χ0) is 24.4. The largest absolute Gasteiger partial charge is 0.419 e. The van der Waals surface area contributed by atoms with Crippen LogP contribution in [-0.4, -0.2) is 28.9 Å². The van der Waals surface area contributed by atoms with Crippen molar-refractivity contribution in [3.63, 3.8) is 0 Å². The lowest BCUT2D eigenvalue weighted by molar-refractivity contribution is 0.472. The normalized spacial score (nSPS) is 11.5. The summed E-state index contributed by atoms with van der Waals surface area (Å²) in [6, 6.07) is 19.0. The van der Waals surface area contributed by atoms with E-state index in [2.05, 4.69) is 29.0 Å². The van der Waals surface area contributed by atoms with Gasteiger partial charge >= 0.3 is 5.69 Å². The third-order valence-electron chi connectivity index (χ3n) is 5.90. The van der Waals surface area contributed by atoms with Crippen LogP contribution in [0.25, 0.3) is 22.6 Å². The molecule has 0 aliphatic rings. The molecule has 0 saturated heterocycles. The fraction of sp³-hybridized carbons (Fsp3) is 0.269. The molecule has 0 N–H and O–H groups in total. The maximum absolute atomic E-state index is 13.6. The Kier molecular flexibility index (Phi) is 6.13. The van der Waals surface area contributed by atoms with E-state index in [-0.39, 0.29) is 19.0 Å². The highest BCUT2D eigenvalue weighted by molar-refractivity contribution is 5.70. The van der Waals surface area contributed by atoms with Gasteiger partial charge in [-0.05, 0) is 30.0 Å². The van der Waals surface area contributed by atoms with E-state index >= 15 is 0 Å². The Bertz CT molecular complexity index is 1560. The van der Waals surface area contributed by atoms with Crippen LogP contribution in [0.4, 0.5) is 0 Å². The molecule has 0 fully saturated rings. The van der Waals surface area contributed by atoms with E-state index in [0.29, 0.717) is 29.5 Å². The Labute approximate surface area is 201 Å². The number of nitrogens with zero attached hydrogens (tertiary/aromatic N) is 6. The van der Waals surface area contributed by atoms with E-state index in [4.69, 9.17) is 4.42 Å². The van der Waals surface area contributed by atoms with Crippen LogP contribution < -0.4 is 11.2 Å². The fourth-order valence-corrected chi connectivity index (χ4v) is 4.00. The van der Waals surface area contributed by atoms with Crippen molar-refractivity contribution < 1.29 is 4.42 Å². The summed E-state index contributed by atoms with van der Waals surface area (Å²) in [7, 11) is 0. The summed E-state index contributed by atoms with van der Waals surface area (Å²) in [5.74, 6) is 0.975. The minimum Gasteiger partial charge on any atom is -0.419 e. The van der Waals surface area contributed by atoms with Crippen molar-refractivity contribution in [3.05, 3.63) is 99.3 Å². The molecule has 9 heteroatoms. The number of imidazole rings is 1. The SMILES string of the molecule is CC(C)CCn1cnc2c1c(=O)n(Cc1nnc(-c3ccccc3)o1)c(=O)n2Cc1ccccc1. The van der Waals surface area contributed by atoms with Crippen molar-refractivity contribution in [1.29, 1.82) is 0 Å². The summed E-state index contributed by atoms with van der Waals surface area (Å²) in [6.45, 7) is 5.05. The number of hydrogen-bond donors (Lipinski definition) is 0. The zero-order valence-electron chi connectivity index (χ0n) is 19.7. The van der Waals surface area contributed by atoms with Gasteiger partial charge < -0.3 is 8.98 Å². The lowest BCUT2D eigenvalue weighted by atomic mass is 10.1. The quantitative estimate of drug-likeness (QED) is 0.344. The molecule has 0 unspecified atom stereocenters. The summed E-state index contributed by atoms with van der Waals surface area (Å²) in [5.41, 5.74) is 1.57. The summed E-state index contributed by atoms with van der Waals surface area (Å²) < 4.78 is 10.3. The van der Waals surface area contributed by atoms with Gasteiger partial charge in [-0.15, -0.1) is 10.2 Å².